The first-order valence-electron chi connectivity index (χ1n) is 4.77. The average Bonchev–Trinajstić information content (AvgIpc) is 2.29. The highest BCUT2D eigenvalue weighted by Crippen LogP contribution is 2.37. The summed E-state index contributed by atoms with van der Waals surface area (Å²) in [5.74, 6) is 0.522. The lowest BCUT2D eigenvalue weighted by atomic mass is 9.97. The van der Waals surface area contributed by atoms with Gasteiger partial charge in [-0.15, -0.1) is 0 Å². The molecule has 0 aromatic rings. The molecule has 0 aliphatic carbocycles. The smallest absolute Gasteiger partial charge is 0.332 e. The Kier molecular flexibility index (Phi) is 8.54. The monoisotopic (exact) mass is 270 g/mol. The molecule has 0 rings (SSSR count). The predicted octanol–water partition coefficient (Wildman–Crippen LogP) is 1.80. The second kappa shape index (κ2) is 8.39. The topological polar surface area (TPSA) is 65.0 Å². The van der Waals surface area contributed by atoms with E-state index in [0.717, 1.165) is 11.8 Å². The van der Waals surface area contributed by atoms with Crippen molar-refractivity contribution in [2.45, 2.75) is 13.8 Å². The quantitative estimate of drug-likeness (QED) is 0.536. The molecule has 0 aromatic heterocycles. The highest BCUT2D eigenvalue weighted by Gasteiger charge is 2.26. The molecule has 0 heterocycles. The third kappa shape index (κ3) is 6.13. The van der Waals surface area contributed by atoms with Crippen molar-refractivity contribution in [1.82, 2.24) is 0 Å². The summed E-state index contributed by atoms with van der Waals surface area (Å²) in [6.07, 6.45) is 0. The molecule has 7 heteroatoms. The lowest BCUT2D eigenvalue weighted by molar-refractivity contribution is -0.119. The molecule has 0 bridgehead atoms. The largest absolute Gasteiger partial charge is 0.395 e. The molecule has 0 atom stereocenters. The molecule has 0 saturated carbocycles. The van der Waals surface area contributed by atoms with Crippen molar-refractivity contribution in [2.24, 2.45) is 5.41 Å². The number of hydrogen-bond donors (Lipinski definition) is 1. The highest BCUT2D eigenvalue weighted by atomic mass is 32.2. The van der Waals surface area contributed by atoms with Crippen molar-refractivity contribution in [3.63, 3.8) is 0 Å². The van der Waals surface area contributed by atoms with Crippen LogP contribution in [0, 0.1) is 5.41 Å². The fraction of sp³-hybridized carbons (Fsp3) is 0.889. The lowest BCUT2D eigenvalue weighted by Crippen LogP contribution is -2.26. The van der Waals surface area contributed by atoms with E-state index in [9.17, 15) is 4.79 Å². The van der Waals surface area contributed by atoms with Crippen LogP contribution in [0.2, 0.25) is 0 Å². The van der Waals surface area contributed by atoms with Gasteiger partial charge in [-0.25, -0.2) is 0 Å². The summed E-state index contributed by atoms with van der Waals surface area (Å²) in [7, 11) is 1.71. The van der Waals surface area contributed by atoms with E-state index in [1.807, 2.05) is 0 Å². The number of carbonyl (C=O) groups excluding carboxylic acids is 1. The van der Waals surface area contributed by atoms with Gasteiger partial charge in [0.05, 0.1) is 18.6 Å². The number of thioether (sulfide) groups is 1. The van der Waals surface area contributed by atoms with Gasteiger partial charge in [0.25, 0.3) is 0 Å². The van der Waals surface area contributed by atoms with Gasteiger partial charge >= 0.3 is 8.60 Å². The highest BCUT2D eigenvalue weighted by molar-refractivity contribution is 8.13. The molecule has 0 unspecified atom stereocenters. The SMILES string of the molecule is COP(OC)OCCSC(=O)C(C)(C)CO. The molecule has 0 fully saturated rings. The van der Waals surface area contributed by atoms with Gasteiger partial charge in [-0.1, -0.05) is 11.8 Å². The zero-order valence-corrected chi connectivity index (χ0v) is 11.8. The van der Waals surface area contributed by atoms with Gasteiger partial charge in [0.15, 0.2) is 5.12 Å². The molecular formula is C9H19O5PS. The van der Waals surface area contributed by atoms with Gasteiger partial charge in [-0.05, 0) is 13.8 Å². The van der Waals surface area contributed by atoms with Gasteiger partial charge in [0, 0.05) is 20.0 Å². The number of carbonyl (C=O) groups is 1. The van der Waals surface area contributed by atoms with Crippen LogP contribution in [-0.4, -0.2) is 43.4 Å². The van der Waals surface area contributed by atoms with Gasteiger partial charge in [-0.2, -0.15) is 0 Å². The summed E-state index contributed by atoms with van der Waals surface area (Å²) in [5, 5.41) is 8.94. The Morgan fingerprint density at radius 3 is 2.38 bits per heavy atom. The maximum Gasteiger partial charge on any atom is 0.332 e. The zero-order chi connectivity index (χ0) is 12.6. The zero-order valence-electron chi connectivity index (χ0n) is 10.1. The average molecular weight is 270 g/mol. The van der Waals surface area contributed by atoms with Crippen LogP contribution in [-0.2, 0) is 18.4 Å². The summed E-state index contributed by atoms with van der Waals surface area (Å²) in [6, 6.07) is 0. The molecule has 96 valence electrons. The Balaban J connectivity index is 3.71. The molecule has 0 amide bonds. The lowest BCUT2D eigenvalue weighted by Gasteiger charge is -2.19. The van der Waals surface area contributed by atoms with Crippen LogP contribution in [0.4, 0.5) is 0 Å². The molecule has 1 N–H and O–H groups in total. The van der Waals surface area contributed by atoms with Gasteiger partial charge < -0.3 is 18.7 Å². The fourth-order valence-electron chi connectivity index (χ4n) is 0.686. The second-order valence-corrected chi connectivity index (χ2v) is 6.10. The van der Waals surface area contributed by atoms with Crippen LogP contribution >= 0.6 is 20.4 Å². The predicted molar refractivity (Wildman–Crippen MR) is 65.2 cm³/mol. The minimum atomic E-state index is -1.29. The normalized spacial score (nSPS) is 12.1. The van der Waals surface area contributed by atoms with E-state index in [2.05, 4.69) is 0 Å². The second-order valence-electron chi connectivity index (χ2n) is 3.60. The van der Waals surface area contributed by atoms with Crippen molar-refractivity contribution in [2.75, 3.05) is 33.2 Å². The Labute approximate surface area is 102 Å². The van der Waals surface area contributed by atoms with Crippen molar-refractivity contribution in [3.05, 3.63) is 0 Å². The first-order valence-corrected chi connectivity index (χ1v) is 6.85. The summed E-state index contributed by atoms with van der Waals surface area (Å²) in [5.41, 5.74) is -0.697. The summed E-state index contributed by atoms with van der Waals surface area (Å²) >= 11 is 1.15. The Morgan fingerprint density at radius 2 is 1.94 bits per heavy atom. The molecule has 0 aliphatic rings. The van der Waals surface area contributed by atoms with Crippen LogP contribution in [0.1, 0.15) is 13.8 Å². The van der Waals surface area contributed by atoms with E-state index in [0.29, 0.717) is 12.4 Å². The van der Waals surface area contributed by atoms with Crippen LogP contribution in [0.25, 0.3) is 0 Å². The third-order valence-corrected chi connectivity index (χ3v) is 3.93. The van der Waals surface area contributed by atoms with E-state index in [-0.39, 0.29) is 11.7 Å². The van der Waals surface area contributed by atoms with E-state index >= 15 is 0 Å². The van der Waals surface area contributed by atoms with Crippen LogP contribution < -0.4 is 0 Å². The van der Waals surface area contributed by atoms with E-state index < -0.39 is 14.0 Å². The van der Waals surface area contributed by atoms with Crippen molar-refractivity contribution in [3.8, 4) is 0 Å². The Hall–Kier alpha value is 0.290. The van der Waals surface area contributed by atoms with Gasteiger partial charge in [0.2, 0.25) is 0 Å². The van der Waals surface area contributed by atoms with Gasteiger partial charge in [0.1, 0.15) is 0 Å². The summed E-state index contributed by atoms with van der Waals surface area (Å²) in [4.78, 5) is 11.6. The maximum atomic E-state index is 11.6. The van der Waals surface area contributed by atoms with E-state index in [4.69, 9.17) is 18.7 Å². The van der Waals surface area contributed by atoms with E-state index in [1.54, 1.807) is 13.8 Å². The minimum absolute atomic E-state index is 0.0437. The number of aliphatic hydroxyl groups is 1. The Morgan fingerprint density at radius 1 is 1.38 bits per heavy atom. The molecular weight excluding hydrogens is 251 g/mol. The van der Waals surface area contributed by atoms with Crippen LogP contribution in [0.15, 0.2) is 0 Å². The summed E-state index contributed by atoms with van der Waals surface area (Å²) < 4.78 is 15.0. The molecule has 0 saturated heterocycles. The molecule has 0 aliphatic heterocycles. The number of rotatable bonds is 8. The molecule has 0 radical (unpaired) electrons. The molecule has 5 nitrogen and oxygen atoms in total. The molecule has 0 spiro atoms. The number of hydrogen-bond acceptors (Lipinski definition) is 6. The summed E-state index contributed by atoms with van der Waals surface area (Å²) in [6.45, 7) is 3.65. The Bertz CT molecular complexity index is 208. The number of aliphatic hydroxyl groups excluding tert-OH is 1. The fourth-order valence-corrected chi connectivity index (χ4v) is 2.22. The van der Waals surface area contributed by atoms with Crippen molar-refractivity contribution >= 4 is 25.5 Å². The third-order valence-electron chi connectivity index (χ3n) is 1.76. The minimum Gasteiger partial charge on any atom is -0.395 e. The van der Waals surface area contributed by atoms with Crippen LogP contribution in [0.3, 0.4) is 0 Å². The maximum absolute atomic E-state index is 11.6. The standard InChI is InChI=1S/C9H19O5PS/c1-9(2,7-10)8(11)16-6-5-14-15(12-3)13-4/h10H,5-7H2,1-4H3. The van der Waals surface area contributed by atoms with Crippen molar-refractivity contribution in [1.29, 1.82) is 0 Å². The van der Waals surface area contributed by atoms with Crippen LogP contribution in [0.5, 0.6) is 0 Å². The first-order chi connectivity index (χ1) is 7.47. The van der Waals surface area contributed by atoms with Crippen molar-refractivity contribution < 1.29 is 23.5 Å². The molecule has 16 heavy (non-hydrogen) atoms. The first kappa shape index (κ1) is 16.3. The van der Waals surface area contributed by atoms with E-state index in [1.165, 1.54) is 14.2 Å². The molecule has 0 aromatic carbocycles. The van der Waals surface area contributed by atoms with Gasteiger partial charge in [-0.3, -0.25) is 4.79 Å².